The van der Waals surface area contributed by atoms with Crippen LogP contribution in [0.2, 0.25) is 0 Å². The predicted octanol–water partition coefficient (Wildman–Crippen LogP) is 2.75. The van der Waals surface area contributed by atoms with E-state index in [1.54, 1.807) is 39.1 Å². The maximum atomic E-state index is 15.7. The Balaban J connectivity index is 1.56. The van der Waals surface area contributed by atoms with Crippen LogP contribution in [-0.4, -0.2) is 73.7 Å². The lowest BCUT2D eigenvalue weighted by molar-refractivity contribution is -0.149. The molecule has 14 nitrogen and oxygen atoms in total. The van der Waals surface area contributed by atoms with Crippen molar-refractivity contribution < 1.29 is 37.4 Å². The summed E-state index contributed by atoms with van der Waals surface area (Å²) in [7, 11) is -2.73. The summed E-state index contributed by atoms with van der Waals surface area (Å²) in [5.41, 5.74) is 6.12. The van der Waals surface area contributed by atoms with Gasteiger partial charge >= 0.3 is 13.7 Å². The Bertz CT molecular complexity index is 1400. The molecule has 218 valence electrons. The van der Waals surface area contributed by atoms with Crippen LogP contribution in [0, 0.1) is 0 Å². The zero-order chi connectivity index (χ0) is 29.2. The van der Waals surface area contributed by atoms with Crippen molar-refractivity contribution in [1.82, 2.24) is 24.6 Å². The summed E-state index contributed by atoms with van der Waals surface area (Å²) in [5.74, 6) is -0.376. The second-order valence-corrected chi connectivity index (χ2v) is 11.5. The Hall–Kier alpha value is -3.07. The van der Waals surface area contributed by atoms with Gasteiger partial charge in [0.05, 0.1) is 19.0 Å². The highest BCUT2D eigenvalue weighted by atomic mass is 35.5. The van der Waals surface area contributed by atoms with E-state index in [1.807, 2.05) is 0 Å². The molecule has 6 atom stereocenters. The highest BCUT2D eigenvalue weighted by molar-refractivity contribution is 7.52. The van der Waals surface area contributed by atoms with Crippen LogP contribution in [0.5, 0.6) is 5.75 Å². The quantitative estimate of drug-likeness (QED) is 0.143. The monoisotopic (exact) mass is 601 g/mol. The molecule has 1 fully saturated rings. The number of esters is 1. The van der Waals surface area contributed by atoms with Crippen molar-refractivity contribution in [3.05, 3.63) is 36.7 Å². The molecule has 0 radical (unpaired) electrons. The minimum atomic E-state index is -4.32. The molecule has 3 heterocycles. The van der Waals surface area contributed by atoms with E-state index in [1.165, 1.54) is 25.4 Å². The Morgan fingerprint density at radius 3 is 2.67 bits per heavy atom. The van der Waals surface area contributed by atoms with Gasteiger partial charge in [0.1, 0.15) is 24.0 Å². The first-order chi connectivity index (χ1) is 18.8. The molecule has 40 heavy (non-hydrogen) atoms. The summed E-state index contributed by atoms with van der Waals surface area (Å²) >= 11 is 6.12. The van der Waals surface area contributed by atoms with Gasteiger partial charge in [0, 0.05) is 7.05 Å². The number of halogens is 2. The number of nitrogen functional groups attached to an aromatic ring is 1. The molecule has 1 aliphatic rings. The number of carbonyl (C=O) groups is 1. The fourth-order valence-electron chi connectivity index (χ4n) is 3.89. The Labute approximate surface area is 233 Å². The van der Waals surface area contributed by atoms with E-state index in [0.717, 1.165) is 4.57 Å². The van der Waals surface area contributed by atoms with Crippen LogP contribution in [-0.2, 0) is 23.4 Å². The molecule has 4 rings (SSSR count). The number of aliphatic hydroxyl groups is 1. The third-order valence-electron chi connectivity index (χ3n) is 5.74. The number of nitrogens with zero attached hydrogens (tertiary/aromatic N) is 4. The van der Waals surface area contributed by atoms with Gasteiger partial charge in [-0.1, -0.05) is 29.8 Å². The van der Waals surface area contributed by atoms with Crippen molar-refractivity contribution in [1.29, 1.82) is 0 Å². The number of aromatic nitrogens is 4. The van der Waals surface area contributed by atoms with E-state index in [-0.39, 0.29) is 28.7 Å². The maximum Gasteiger partial charge on any atom is 0.459 e. The molecule has 1 aromatic carbocycles. The first-order valence-corrected chi connectivity index (χ1v) is 14.1. The first-order valence-electron chi connectivity index (χ1n) is 12.2. The second-order valence-electron chi connectivity index (χ2n) is 9.18. The molecule has 0 bridgehead atoms. The Kier molecular flexibility index (Phi) is 8.83. The van der Waals surface area contributed by atoms with Gasteiger partial charge in [-0.15, -0.1) is 0 Å². The number of anilines is 2. The van der Waals surface area contributed by atoms with E-state index in [0.29, 0.717) is 0 Å². The van der Waals surface area contributed by atoms with Crippen LogP contribution in [0.3, 0.4) is 0 Å². The fourth-order valence-corrected chi connectivity index (χ4v) is 5.69. The molecule has 2 unspecified atom stereocenters. The van der Waals surface area contributed by atoms with Crippen molar-refractivity contribution in [2.24, 2.45) is 0 Å². The van der Waals surface area contributed by atoms with Crippen LogP contribution in [0.25, 0.3) is 11.2 Å². The van der Waals surface area contributed by atoms with Crippen molar-refractivity contribution in [3.63, 3.8) is 0 Å². The number of carbonyl (C=O) groups excluding carboxylic acids is 1. The number of hydrogen-bond acceptors (Lipinski definition) is 12. The van der Waals surface area contributed by atoms with Crippen LogP contribution in [0.15, 0.2) is 36.7 Å². The summed E-state index contributed by atoms with van der Waals surface area (Å²) in [6, 6.07) is 6.93. The first kappa shape index (κ1) is 29.9. The number of fused-ring (bicyclic) bond motifs is 1. The molecule has 2 aromatic heterocycles. The van der Waals surface area contributed by atoms with Crippen LogP contribution in [0.1, 0.15) is 27.0 Å². The van der Waals surface area contributed by atoms with E-state index >= 15 is 4.39 Å². The molecule has 1 aliphatic heterocycles. The second kappa shape index (κ2) is 11.8. The Morgan fingerprint density at radius 2 is 2.02 bits per heavy atom. The lowest BCUT2D eigenvalue weighted by Crippen LogP contribution is -2.40. The normalized spacial score (nSPS) is 25.1. The third-order valence-corrected chi connectivity index (χ3v) is 7.80. The summed E-state index contributed by atoms with van der Waals surface area (Å²) < 4.78 is 52.6. The van der Waals surface area contributed by atoms with Crippen molar-refractivity contribution in [2.75, 3.05) is 24.7 Å². The van der Waals surface area contributed by atoms with E-state index < -0.39 is 56.0 Å². The molecular weight excluding hydrogens is 572 g/mol. The van der Waals surface area contributed by atoms with E-state index in [9.17, 15) is 14.5 Å². The number of aliphatic hydroxyl groups excluding tert-OH is 1. The number of rotatable bonds is 11. The third kappa shape index (κ3) is 6.29. The predicted molar refractivity (Wildman–Crippen MR) is 143 cm³/mol. The topological polar surface area (TPSA) is 185 Å². The van der Waals surface area contributed by atoms with Gasteiger partial charge in [-0.05, 0) is 32.9 Å². The Morgan fingerprint density at radius 1 is 1.32 bits per heavy atom. The van der Waals surface area contributed by atoms with Gasteiger partial charge in [0.15, 0.2) is 23.2 Å². The van der Waals surface area contributed by atoms with Crippen molar-refractivity contribution >= 4 is 48.2 Å². The average Bonchev–Trinajstić information content (AvgIpc) is 3.40. The van der Waals surface area contributed by atoms with Crippen LogP contribution < -0.4 is 20.7 Å². The van der Waals surface area contributed by atoms with Gasteiger partial charge in [-0.3, -0.25) is 13.9 Å². The molecule has 1 saturated heterocycles. The molecule has 0 amide bonds. The molecule has 17 heteroatoms. The molecule has 0 aliphatic carbocycles. The van der Waals surface area contributed by atoms with Gasteiger partial charge in [0.2, 0.25) is 5.95 Å². The van der Waals surface area contributed by atoms with Gasteiger partial charge in [-0.25, -0.2) is 13.9 Å². The van der Waals surface area contributed by atoms with Crippen LogP contribution >= 0.6 is 19.3 Å². The molecular formula is C23H30ClFN7O7P. The summed E-state index contributed by atoms with van der Waals surface area (Å²) in [5, 5.41) is 13.2. The highest BCUT2D eigenvalue weighted by Gasteiger charge is 2.58. The smallest absolute Gasteiger partial charge is 0.459 e. The SMILES string of the molecule is CNc1nc(N)nc2c1ncn2[C@@H]1O[C@H](COP(=O)(NC(C)C(=O)OC(C)C)Oc2ccccc2)[C@@H](O)[C@@]1(F)Cl. The van der Waals surface area contributed by atoms with Crippen molar-refractivity contribution in [2.45, 2.75) is 56.5 Å². The lowest BCUT2D eigenvalue weighted by atomic mass is 10.1. The fraction of sp³-hybridized carbons (Fsp3) is 0.478. The molecule has 3 aromatic rings. The number of nitrogens with two attached hydrogens (primary N) is 1. The number of nitrogens with one attached hydrogen (secondary N) is 2. The standard InChI is InChI=1S/C23H30ClFN7O7P/c1-12(2)37-20(34)13(3)31-40(35,39-14-8-6-5-7-9-14)36-10-15-17(33)23(24,25)21(38-15)32-11-28-16-18(27-4)29-22(26)30-19(16)32/h5-9,11-13,15,17,21,33H,10H2,1-4H3,(H,31,35)(H3,26,27,29,30)/t13?,15-,17-,21-,23+,40?/m1/s1. The molecule has 0 spiro atoms. The van der Waals surface area contributed by atoms with E-state index in [4.69, 9.17) is 35.9 Å². The zero-order valence-electron chi connectivity index (χ0n) is 22.0. The summed E-state index contributed by atoms with van der Waals surface area (Å²) in [6.07, 6.45) is -4.22. The number of benzene rings is 1. The molecule has 5 N–H and O–H groups in total. The largest absolute Gasteiger partial charge is 0.462 e. The highest BCUT2D eigenvalue weighted by Crippen LogP contribution is 2.49. The van der Waals surface area contributed by atoms with Gasteiger partial charge < -0.3 is 30.2 Å². The number of alkyl halides is 2. The number of ether oxygens (including phenoxy) is 2. The van der Waals surface area contributed by atoms with E-state index in [2.05, 4.69) is 25.4 Å². The summed E-state index contributed by atoms with van der Waals surface area (Å²) in [4.78, 5) is 24.7. The maximum absolute atomic E-state index is 15.7. The number of hydrogen-bond donors (Lipinski definition) is 4. The minimum absolute atomic E-state index is 0.0931. The lowest BCUT2D eigenvalue weighted by Gasteiger charge is -2.25. The van der Waals surface area contributed by atoms with Crippen molar-refractivity contribution in [3.8, 4) is 5.75 Å². The average molecular weight is 602 g/mol. The van der Waals surface area contributed by atoms with Gasteiger partial charge in [0.25, 0.3) is 5.13 Å². The number of para-hydroxylation sites is 1. The molecule has 0 saturated carbocycles. The van der Waals surface area contributed by atoms with Gasteiger partial charge in [-0.2, -0.15) is 15.1 Å². The minimum Gasteiger partial charge on any atom is -0.462 e. The zero-order valence-corrected chi connectivity index (χ0v) is 23.7. The van der Waals surface area contributed by atoms with Crippen LogP contribution in [0.4, 0.5) is 16.2 Å². The summed E-state index contributed by atoms with van der Waals surface area (Å²) in [6.45, 7) is 4.09. The number of imidazole rings is 1.